The van der Waals surface area contributed by atoms with Gasteiger partial charge in [-0.2, -0.15) is 13.2 Å². The van der Waals surface area contributed by atoms with Gasteiger partial charge in [-0.3, -0.25) is 9.59 Å². The van der Waals surface area contributed by atoms with Crippen molar-refractivity contribution in [3.63, 3.8) is 0 Å². The Labute approximate surface area is 143 Å². The molecule has 1 amide bonds. The van der Waals surface area contributed by atoms with Crippen LogP contribution >= 0.6 is 11.6 Å². The highest BCUT2D eigenvalue weighted by atomic mass is 35.5. The van der Waals surface area contributed by atoms with Crippen molar-refractivity contribution in [2.75, 3.05) is 0 Å². The lowest BCUT2D eigenvalue weighted by molar-refractivity contribution is -0.138. The summed E-state index contributed by atoms with van der Waals surface area (Å²) < 4.78 is 39.1. The normalized spacial score (nSPS) is 24.7. The number of hydrogen-bond donors (Lipinski definition) is 1. The number of amides is 1. The van der Waals surface area contributed by atoms with E-state index in [2.05, 4.69) is 12.2 Å². The zero-order valence-electron chi connectivity index (χ0n) is 13.5. The molecule has 0 radical (unpaired) electrons. The average Bonchev–Trinajstić information content (AvgIpc) is 2.47. The molecule has 1 heterocycles. The third-order valence-corrected chi connectivity index (χ3v) is 5.01. The van der Waals surface area contributed by atoms with Crippen molar-refractivity contribution in [1.29, 1.82) is 0 Å². The maximum Gasteiger partial charge on any atom is 0.417 e. The number of nitrogens with one attached hydrogen (secondary N) is 1. The summed E-state index contributed by atoms with van der Waals surface area (Å²) in [6.07, 6.45) is -1.10. The monoisotopic (exact) mass is 364 g/mol. The minimum atomic E-state index is -4.64. The predicted octanol–water partition coefficient (Wildman–Crippen LogP) is 3.46. The second kappa shape index (κ2) is 7.17. The summed E-state index contributed by atoms with van der Waals surface area (Å²) in [4.78, 5) is 24.0. The van der Waals surface area contributed by atoms with Crippen molar-refractivity contribution in [3.05, 3.63) is 33.2 Å². The maximum absolute atomic E-state index is 12.8. The number of hydrogen-bond acceptors (Lipinski definition) is 2. The highest BCUT2D eigenvalue weighted by Crippen LogP contribution is 2.30. The number of pyridine rings is 1. The molecule has 0 unspecified atom stereocenters. The summed E-state index contributed by atoms with van der Waals surface area (Å²) in [5.74, 6) is 0.262. The molecule has 1 fully saturated rings. The van der Waals surface area contributed by atoms with Gasteiger partial charge in [0, 0.05) is 12.2 Å². The Morgan fingerprint density at radius 3 is 2.67 bits per heavy atom. The van der Waals surface area contributed by atoms with Crippen molar-refractivity contribution in [1.82, 2.24) is 9.88 Å². The van der Waals surface area contributed by atoms with Gasteiger partial charge in [0.05, 0.1) is 5.56 Å². The van der Waals surface area contributed by atoms with E-state index in [-0.39, 0.29) is 12.0 Å². The number of nitrogens with zero attached hydrogens (tertiary/aromatic N) is 1. The number of carbonyl (C=O) groups is 1. The fourth-order valence-electron chi connectivity index (χ4n) is 3.06. The summed E-state index contributed by atoms with van der Waals surface area (Å²) in [6, 6.07) is 0.543. The lowest BCUT2D eigenvalue weighted by Gasteiger charge is -2.34. The van der Waals surface area contributed by atoms with Crippen molar-refractivity contribution < 1.29 is 18.0 Å². The number of carbonyl (C=O) groups excluding carboxylic acids is 1. The van der Waals surface area contributed by atoms with Crippen LogP contribution in [0.5, 0.6) is 0 Å². The molecule has 4 nitrogen and oxygen atoms in total. The van der Waals surface area contributed by atoms with Gasteiger partial charge < -0.3 is 9.88 Å². The van der Waals surface area contributed by atoms with Gasteiger partial charge in [-0.25, -0.2) is 0 Å². The molecule has 1 saturated carbocycles. The molecule has 8 heteroatoms. The summed E-state index contributed by atoms with van der Waals surface area (Å²) in [5, 5.41) is 2.27. The summed E-state index contributed by atoms with van der Waals surface area (Å²) in [6.45, 7) is 3.67. The Hall–Kier alpha value is -1.50. The van der Waals surface area contributed by atoms with Crippen LogP contribution in [0.15, 0.2) is 17.1 Å². The van der Waals surface area contributed by atoms with Crippen molar-refractivity contribution >= 4 is 17.5 Å². The summed E-state index contributed by atoms with van der Waals surface area (Å²) >= 11 is 5.58. The fourth-order valence-corrected chi connectivity index (χ4v) is 3.29. The Morgan fingerprint density at radius 1 is 1.38 bits per heavy atom. The van der Waals surface area contributed by atoms with Crippen molar-refractivity contribution in [3.8, 4) is 0 Å². The van der Waals surface area contributed by atoms with Crippen LogP contribution < -0.4 is 10.9 Å². The molecule has 24 heavy (non-hydrogen) atoms. The van der Waals surface area contributed by atoms with Gasteiger partial charge >= 0.3 is 6.18 Å². The molecular weight excluding hydrogens is 345 g/mol. The molecule has 2 rings (SSSR count). The Morgan fingerprint density at radius 2 is 2.04 bits per heavy atom. The van der Waals surface area contributed by atoms with Crippen LogP contribution in [0.1, 0.15) is 38.7 Å². The first-order valence-corrected chi connectivity index (χ1v) is 8.24. The SMILES string of the molecule is C[C@H]1[C@H](C)CCC[C@@H]1NC(=O)Cn1cc(C(F)(F)F)cc(Cl)c1=O. The highest BCUT2D eigenvalue weighted by Gasteiger charge is 2.32. The topological polar surface area (TPSA) is 51.1 Å². The van der Waals surface area contributed by atoms with E-state index in [4.69, 9.17) is 11.6 Å². The Kier molecular flexibility index (Phi) is 5.63. The molecule has 1 aromatic rings. The van der Waals surface area contributed by atoms with E-state index in [1.54, 1.807) is 0 Å². The first kappa shape index (κ1) is 18.8. The molecule has 0 aromatic carbocycles. The molecule has 1 aliphatic rings. The van der Waals surface area contributed by atoms with Gasteiger partial charge in [0.25, 0.3) is 5.56 Å². The first-order valence-electron chi connectivity index (χ1n) is 7.86. The Balaban J connectivity index is 2.14. The van der Waals surface area contributed by atoms with Crippen LogP contribution in [0.2, 0.25) is 5.02 Å². The molecular formula is C16H20ClF3N2O2. The molecule has 1 N–H and O–H groups in total. The van der Waals surface area contributed by atoms with E-state index in [9.17, 15) is 22.8 Å². The van der Waals surface area contributed by atoms with Crippen LogP contribution in [-0.2, 0) is 17.5 Å². The summed E-state index contributed by atoms with van der Waals surface area (Å²) in [7, 11) is 0. The maximum atomic E-state index is 12.8. The second-order valence-electron chi connectivity index (χ2n) is 6.45. The molecule has 0 aliphatic heterocycles. The van der Waals surface area contributed by atoms with Crippen LogP contribution in [0, 0.1) is 11.8 Å². The van der Waals surface area contributed by atoms with Gasteiger partial charge in [0.15, 0.2) is 0 Å². The third kappa shape index (κ3) is 4.32. The minimum Gasteiger partial charge on any atom is -0.352 e. The van der Waals surface area contributed by atoms with Gasteiger partial charge in [-0.05, 0) is 24.3 Å². The minimum absolute atomic E-state index is 0.0294. The second-order valence-corrected chi connectivity index (χ2v) is 6.86. The third-order valence-electron chi connectivity index (χ3n) is 4.74. The Bertz CT molecular complexity index is 672. The molecule has 134 valence electrons. The molecule has 1 aromatic heterocycles. The number of alkyl halides is 3. The number of aromatic nitrogens is 1. The van der Waals surface area contributed by atoms with E-state index >= 15 is 0 Å². The van der Waals surface area contributed by atoms with Gasteiger partial charge in [0.2, 0.25) is 5.91 Å². The lowest BCUT2D eigenvalue weighted by atomic mass is 9.78. The standard InChI is InChI=1S/C16H20ClF3N2O2/c1-9-4-3-5-13(10(9)2)21-14(23)8-22-7-11(16(18,19)20)6-12(17)15(22)24/h6-7,9-10,13H,3-5,8H2,1-2H3,(H,21,23)/t9-,10+,13+/m1/s1. The van der Waals surface area contributed by atoms with E-state index in [0.29, 0.717) is 22.7 Å². The number of halogens is 4. The van der Waals surface area contributed by atoms with E-state index in [1.165, 1.54) is 0 Å². The highest BCUT2D eigenvalue weighted by molar-refractivity contribution is 6.30. The van der Waals surface area contributed by atoms with Gasteiger partial charge in [-0.1, -0.05) is 38.3 Å². The van der Waals surface area contributed by atoms with Crippen LogP contribution in [0.3, 0.4) is 0 Å². The van der Waals surface area contributed by atoms with Crippen LogP contribution in [-0.4, -0.2) is 16.5 Å². The van der Waals surface area contributed by atoms with Gasteiger partial charge in [0.1, 0.15) is 11.6 Å². The summed E-state index contributed by atoms with van der Waals surface area (Å²) in [5.41, 5.74) is -1.87. The van der Waals surface area contributed by atoms with E-state index < -0.39 is 34.8 Å². The van der Waals surface area contributed by atoms with Crippen molar-refractivity contribution in [2.45, 2.75) is 51.9 Å². The zero-order chi connectivity index (χ0) is 18.1. The smallest absolute Gasteiger partial charge is 0.352 e. The quantitative estimate of drug-likeness (QED) is 0.893. The lowest BCUT2D eigenvalue weighted by Crippen LogP contribution is -2.45. The van der Waals surface area contributed by atoms with Crippen LogP contribution in [0.4, 0.5) is 13.2 Å². The van der Waals surface area contributed by atoms with Crippen LogP contribution in [0.25, 0.3) is 0 Å². The fraction of sp³-hybridized carbons (Fsp3) is 0.625. The van der Waals surface area contributed by atoms with E-state index in [1.807, 2.05) is 6.92 Å². The van der Waals surface area contributed by atoms with E-state index in [0.717, 1.165) is 19.3 Å². The van der Waals surface area contributed by atoms with Crippen molar-refractivity contribution in [2.24, 2.45) is 11.8 Å². The molecule has 0 spiro atoms. The largest absolute Gasteiger partial charge is 0.417 e. The molecule has 3 atom stereocenters. The zero-order valence-corrected chi connectivity index (χ0v) is 14.2. The first-order chi connectivity index (χ1) is 11.1. The molecule has 1 aliphatic carbocycles. The predicted molar refractivity (Wildman–Crippen MR) is 84.8 cm³/mol. The van der Waals surface area contributed by atoms with Gasteiger partial charge in [-0.15, -0.1) is 0 Å². The molecule has 0 saturated heterocycles. The molecule has 0 bridgehead atoms. The average molecular weight is 365 g/mol. The number of rotatable bonds is 3.